The van der Waals surface area contributed by atoms with Gasteiger partial charge in [-0.2, -0.15) is 0 Å². The lowest BCUT2D eigenvalue weighted by Gasteiger charge is -2.34. The Morgan fingerprint density at radius 3 is 1.34 bits per heavy atom. The number of benzene rings is 2. The first-order chi connectivity index (χ1) is 15.4. The van der Waals surface area contributed by atoms with Gasteiger partial charge in [-0.15, -0.1) is 0 Å². The van der Waals surface area contributed by atoms with Gasteiger partial charge < -0.3 is 19.3 Å². The van der Waals surface area contributed by atoms with Crippen molar-refractivity contribution in [2.75, 3.05) is 39.4 Å². The smallest absolute Gasteiger partial charge is 0.338 e. The lowest BCUT2D eigenvalue weighted by atomic mass is 10.1. The summed E-state index contributed by atoms with van der Waals surface area (Å²) in [6.45, 7) is 4.16. The molecule has 0 aliphatic carbocycles. The molecule has 168 valence electrons. The van der Waals surface area contributed by atoms with Crippen LogP contribution in [0, 0.1) is 13.8 Å². The Kier molecular flexibility index (Phi) is 7.59. The van der Waals surface area contributed by atoms with Crippen molar-refractivity contribution in [1.82, 2.24) is 9.80 Å². The standard InChI is InChI=1S/C24H26N2O6/c1-17-7-3-5-9-19(17)23(29)31-15-21(27)25-11-13-26(14-12-25)22(28)16-32-24(30)20-10-6-4-8-18(20)2/h3-10H,11-16H2,1-2H3. The summed E-state index contributed by atoms with van der Waals surface area (Å²) in [5, 5.41) is 0. The topological polar surface area (TPSA) is 93.2 Å². The van der Waals surface area contributed by atoms with E-state index in [1.54, 1.807) is 60.0 Å². The molecule has 1 aliphatic heterocycles. The van der Waals surface area contributed by atoms with Gasteiger partial charge in [0, 0.05) is 26.2 Å². The number of piperazine rings is 1. The zero-order valence-corrected chi connectivity index (χ0v) is 18.2. The minimum atomic E-state index is -0.541. The third kappa shape index (κ3) is 5.72. The van der Waals surface area contributed by atoms with Gasteiger partial charge in [-0.05, 0) is 37.1 Å². The normalized spacial score (nSPS) is 13.4. The van der Waals surface area contributed by atoms with Crippen molar-refractivity contribution in [3.05, 3.63) is 70.8 Å². The van der Waals surface area contributed by atoms with Crippen molar-refractivity contribution in [2.24, 2.45) is 0 Å². The average Bonchev–Trinajstić information content (AvgIpc) is 2.81. The zero-order chi connectivity index (χ0) is 23.1. The fourth-order valence-corrected chi connectivity index (χ4v) is 3.40. The van der Waals surface area contributed by atoms with Crippen LogP contribution in [0.2, 0.25) is 0 Å². The van der Waals surface area contributed by atoms with Gasteiger partial charge in [0.1, 0.15) is 0 Å². The van der Waals surface area contributed by atoms with Gasteiger partial charge in [-0.1, -0.05) is 36.4 Å². The van der Waals surface area contributed by atoms with Crippen LogP contribution in [0.4, 0.5) is 0 Å². The fourth-order valence-electron chi connectivity index (χ4n) is 3.40. The molecule has 8 nitrogen and oxygen atoms in total. The number of hydrogen-bond donors (Lipinski definition) is 0. The molecule has 1 aliphatic rings. The van der Waals surface area contributed by atoms with Crippen LogP contribution in [0.15, 0.2) is 48.5 Å². The molecular formula is C24H26N2O6. The number of aryl methyl sites for hydroxylation is 2. The SMILES string of the molecule is Cc1ccccc1C(=O)OCC(=O)N1CCN(C(=O)COC(=O)c2ccccc2C)CC1. The highest BCUT2D eigenvalue weighted by molar-refractivity contribution is 5.93. The van der Waals surface area contributed by atoms with Crippen molar-refractivity contribution in [1.29, 1.82) is 0 Å². The van der Waals surface area contributed by atoms with E-state index in [0.29, 0.717) is 37.3 Å². The Hall–Kier alpha value is -3.68. The largest absolute Gasteiger partial charge is 0.452 e. The summed E-state index contributed by atoms with van der Waals surface area (Å²) >= 11 is 0. The molecular weight excluding hydrogens is 412 g/mol. The van der Waals surface area contributed by atoms with Crippen LogP contribution in [-0.4, -0.2) is 72.9 Å². The summed E-state index contributed by atoms with van der Waals surface area (Å²) in [6, 6.07) is 14.0. The maximum atomic E-state index is 12.4. The molecule has 32 heavy (non-hydrogen) atoms. The Morgan fingerprint density at radius 1 is 0.656 bits per heavy atom. The second kappa shape index (κ2) is 10.6. The summed E-state index contributed by atoms with van der Waals surface area (Å²) in [5.74, 6) is -1.71. The van der Waals surface area contributed by atoms with Crippen LogP contribution in [0.25, 0.3) is 0 Å². The molecule has 0 atom stereocenters. The maximum absolute atomic E-state index is 12.4. The van der Waals surface area contributed by atoms with Gasteiger partial charge in [-0.25, -0.2) is 9.59 Å². The third-order valence-corrected chi connectivity index (χ3v) is 5.37. The van der Waals surface area contributed by atoms with E-state index >= 15 is 0 Å². The molecule has 0 radical (unpaired) electrons. The van der Waals surface area contributed by atoms with Gasteiger partial charge in [-0.3, -0.25) is 9.59 Å². The van der Waals surface area contributed by atoms with Gasteiger partial charge in [0.25, 0.3) is 11.8 Å². The summed E-state index contributed by atoms with van der Waals surface area (Å²) in [7, 11) is 0. The maximum Gasteiger partial charge on any atom is 0.338 e. The Labute approximate surface area is 186 Å². The van der Waals surface area contributed by atoms with E-state index in [-0.39, 0.29) is 25.0 Å². The van der Waals surface area contributed by atoms with Crippen molar-refractivity contribution in [3.8, 4) is 0 Å². The highest BCUT2D eigenvalue weighted by Crippen LogP contribution is 2.11. The molecule has 2 amide bonds. The molecule has 1 saturated heterocycles. The fraction of sp³-hybridized carbons (Fsp3) is 0.333. The van der Waals surface area contributed by atoms with E-state index in [2.05, 4.69) is 0 Å². The molecule has 0 N–H and O–H groups in total. The number of carbonyl (C=O) groups excluding carboxylic acids is 4. The predicted molar refractivity (Wildman–Crippen MR) is 116 cm³/mol. The summed E-state index contributed by atoms with van der Waals surface area (Å²) in [5.41, 5.74) is 2.41. The van der Waals surface area contributed by atoms with Crippen molar-refractivity contribution in [2.45, 2.75) is 13.8 Å². The van der Waals surface area contributed by atoms with E-state index in [4.69, 9.17) is 9.47 Å². The molecule has 0 bridgehead atoms. The summed E-state index contributed by atoms with van der Waals surface area (Å²) in [6.07, 6.45) is 0. The average molecular weight is 438 g/mol. The van der Waals surface area contributed by atoms with Crippen molar-refractivity contribution >= 4 is 23.8 Å². The monoisotopic (exact) mass is 438 g/mol. The van der Waals surface area contributed by atoms with Crippen LogP contribution in [0.1, 0.15) is 31.8 Å². The zero-order valence-electron chi connectivity index (χ0n) is 18.2. The Bertz CT molecular complexity index is 930. The Morgan fingerprint density at radius 2 is 1.00 bits per heavy atom. The van der Waals surface area contributed by atoms with E-state index in [9.17, 15) is 19.2 Å². The highest BCUT2D eigenvalue weighted by atomic mass is 16.5. The lowest BCUT2D eigenvalue weighted by Crippen LogP contribution is -2.52. The Balaban J connectivity index is 1.41. The van der Waals surface area contributed by atoms with Gasteiger partial charge >= 0.3 is 11.9 Å². The first-order valence-corrected chi connectivity index (χ1v) is 10.4. The highest BCUT2D eigenvalue weighted by Gasteiger charge is 2.26. The van der Waals surface area contributed by atoms with Crippen molar-refractivity contribution < 1.29 is 28.7 Å². The second-order valence-corrected chi connectivity index (χ2v) is 7.54. The van der Waals surface area contributed by atoms with E-state index in [0.717, 1.165) is 11.1 Å². The molecule has 1 heterocycles. The van der Waals surface area contributed by atoms with Gasteiger partial charge in [0.05, 0.1) is 11.1 Å². The number of rotatable bonds is 6. The van der Waals surface area contributed by atoms with Gasteiger partial charge in [0.15, 0.2) is 13.2 Å². The molecule has 8 heteroatoms. The van der Waals surface area contributed by atoms with Crippen LogP contribution >= 0.6 is 0 Å². The summed E-state index contributed by atoms with van der Waals surface area (Å²) in [4.78, 5) is 52.2. The molecule has 2 aromatic carbocycles. The van der Waals surface area contributed by atoms with Crippen LogP contribution in [0.3, 0.4) is 0 Å². The number of hydrogen-bond acceptors (Lipinski definition) is 6. The van der Waals surface area contributed by atoms with Crippen LogP contribution in [-0.2, 0) is 19.1 Å². The first kappa shape index (κ1) is 23.0. The van der Waals surface area contributed by atoms with Crippen LogP contribution in [0.5, 0.6) is 0 Å². The minimum Gasteiger partial charge on any atom is -0.452 e. The number of nitrogens with zero attached hydrogens (tertiary/aromatic N) is 2. The van der Waals surface area contributed by atoms with Crippen LogP contribution < -0.4 is 0 Å². The molecule has 1 fully saturated rings. The second-order valence-electron chi connectivity index (χ2n) is 7.54. The molecule has 0 spiro atoms. The number of carbonyl (C=O) groups is 4. The van der Waals surface area contributed by atoms with Gasteiger partial charge in [0.2, 0.25) is 0 Å². The molecule has 2 aromatic rings. The molecule has 0 aromatic heterocycles. The molecule has 3 rings (SSSR count). The number of ether oxygens (including phenoxy) is 2. The number of esters is 2. The van der Waals surface area contributed by atoms with Crippen molar-refractivity contribution in [3.63, 3.8) is 0 Å². The predicted octanol–water partition coefficient (Wildman–Crippen LogP) is 1.99. The minimum absolute atomic E-state index is 0.315. The van der Waals surface area contributed by atoms with E-state index in [1.807, 2.05) is 12.1 Å². The third-order valence-electron chi connectivity index (χ3n) is 5.37. The number of amides is 2. The quantitative estimate of drug-likeness (QED) is 0.641. The van der Waals surface area contributed by atoms with E-state index in [1.165, 1.54) is 0 Å². The summed E-state index contributed by atoms with van der Waals surface area (Å²) < 4.78 is 10.3. The molecule has 0 unspecified atom stereocenters. The molecule has 0 saturated carbocycles. The first-order valence-electron chi connectivity index (χ1n) is 10.4. The van der Waals surface area contributed by atoms with E-state index < -0.39 is 11.9 Å². The lowest BCUT2D eigenvalue weighted by molar-refractivity contribution is -0.142.